The average molecular weight is 402 g/mol. The van der Waals surface area contributed by atoms with Crippen LogP contribution in [0.1, 0.15) is 55.4 Å². The first kappa shape index (κ1) is 21.0. The fourth-order valence-electron chi connectivity index (χ4n) is 3.83. The van der Waals surface area contributed by atoms with E-state index in [0.717, 1.165) is 29.0 Å². The molecule has 0 fully saturated rings. The van der Waals surface area contributed by atoms with E-state index in [1.807, 2.05) is 39.0 Å². The Kier molecular flexibility index (Phi) is 6.01. The van der Waals surface area contributed by atoms with Crippen LogP contribution >= 0.6 is 0 Å². The van der Waals surface area contributed by atoms with Crippen LogP contribution in [0.25, 0.3) is 10.9 Å². The number of amides is 1. The lowest BCUT2D eigenvalue weighted by Gasteiger charge is -2.22. The summed E-state index contributed by atoms with van der Waals surface area (Å²) in [6.45, 7) is 5.69. The maximum atomic E-state index is 13.7. The highest BCUT2D eigenvalue weighted by Gasteiger charge is 2.36. The largest absolute Gasteiger partial charge is 0.416 e. The molecule has 6 heteroatoms. The van der Waals surface area contributed by atoms with Gasteiger partial charge in [-0.15, -0.1) is 0 Å². The van der Waals surface area contributed by atoms with E-state index < -0.39 is 17.7 Å². The minimum Gasteiger partial charge on any atom is -0.361 e. The van der Waals surface area contributed by atoms with Gasteiger partial charge >= 0.3 is 6.18 Å². The second-order valence-electron chi connectivity index (χ2n) is 7.50. The summed E-state index contributed by atoms with van der Waals surface area (Å²) in [4.78, 5) is 15.8. The summed E-state index contributed by atoms with van der Waals surface area (Å²) in [6, 6.07) is 11.2. The summed E-state index contributed by atoms with van der Waals surface area (Å²) in [5.74, 6) is -0.990. The van der Waals surface area contributed by atoms with Crippen molar-refractivity contribution < 1.29 is 18.0 Å². The van der Waals surface area contributed by atoms with Gasteiger partial charge in [-0.05, 0) is 43.0 Å². The lowest BCUT2D eigenvalue weighted by Crippen LogP contribution is -2.31. The first-order valence-electron chi connectivity index (χ1n) is 9.76. The van der Waals surface area contributed by atoms with Crippen LogP contribution in [0.5, 0.6) is 0 Å². The van der Waals surface area contributed by atoms with Gasteiger partial charge in [-0.2, -0.15) is 13.2 Å². The van der Waals surface area contributed by atoms with Gasteiger partial charge in [-0.3, -0.25) is 4.79 Å². The number of fused-ring (bicyclic) bond motifs is 1. The lowest BCUT2D eigenvalue weighted by atomic mass is 9.84. The molecule has 2 N–H and O–H groups in total. The van der Waals surface area contributed by atoms with E-state index in [9.17, 15) is 18.0 Å². The summed E-state index contributed by atoms with van der Waals surface area (Å²) in [5, 5.41) is 3.65. The van der Waals surface area contributed by atoms with Crippen LogP contribution in [0.3, 0.4) is 0 Å². The quantitative estimate of drug-likeness (QED) is 0.538. The first-order valence-corrected chi connectivity index (χ1v) is 9.76. The number of hydrogen-bond acceptors (Lipinski definition) is 1. The molecule has 3 nitrogen and oxygen atoms in total. The molecule has 3 aromatic rings. The van der Waals surface area contributed by atoms with E-state index in [4.69, 9.17) is 0 Å². The van der Waals surface area contributed by atoms with E-state index in [0.29, 0.717) is 5.56 Å². The Balaban J connectivity index is 2.17. The van der Waals surface area contributed by atoms with E-state index >= 15 is 0 Å². The molecule has 1 heterocycles. The maximum absolute atomic E-state index is 13.7. The molecule has 1 amide bonds. The molecule has 0 bridgehead atoms. The molecule has 0 aliphatic heterocycles. The summed E-state index contributed by atoms with van der Waals surface area (Å²) < 4.78 is 41.2. The van der Waals surface area contributed by atoms with Crippen LogP contribution in [-0.2, 0) is 17.4 Å². The van der Waals surface area contributed by atoms with Crippen LogP contribution in [0.2, 0.25) is 0 Å². The van der Waals surface area contributed by atoms with Crippen LogP contribution in [0.4, 0.5) is 13.2 Å². The summed E-state index contributed by atoms with van der Waals surface area (Å²) >= 11 is 0. The van der Waals surface area contributed by atoms with Gasteiger partial charge in [0, 0.05) is 35.5 Å². The van der Waals surface area contributed by atoms with Crippen molar-refractivity contribution in [2.45, 2.75) is 51.7 Å². The number of benzene rings is 2. The minimum atomic E-state index is -4.50. The van der Waals surface area contributed by atoms with Crippen LogP contribution in [-0.4, -0.2) is 16.9 Å². The molecule has 0 radical (unpaired) electrons. The third-order valence-corrected chi connectivity index (χ3v) is 5.07. The number of hydrogen-bond donors (Lipinski definition) is 2. The molecule has 0 saturated heterocycles. The second-order valence-corrected chi connectivity index (χ2v) is 7.50. The number of carbonyl (C=O) groups is 1. The van der Waals surface area contributed by atoms with Gasteiger partial charge in [0.15, 0.2) is 0 Å². The van der Waals surface area contributed by atoms with Crippen molar-refractivity contribution in [1.29, 1.82) is 0 Å². The van der Waals surface area contributed by atoms with Crippen molar-refractivity contribution in [2.24, 2.45) is 0 Å². The van der Waals surface area contributed by atoms with Crippen molar-refractivity contribution in [1.82, 2.24) is 10.3 Å². The molecule has 154 valence electrons. The Labute approximate surface area is 168 Å². The zero-order chi connectivity index (χ0) is 21.2. The summed E-state index contributed by atoms with van der Waals surface area (Å²) in [6.07, 6.45) is -2.02. The Morgan fingerprint density at radius 1 is 1.07 bits per heavy atom. The molecule has 3 rings (SSSR count). The molecule has 29 heavy (non-hydrogen) atoms. The zero-order valence-electron chi connectivity index (χ0n) is 16.7. The van der Waals surface area contributed by atoms with Crippen molar-refractivity contribution >= 4 is 16.8 Å². The van der Waals surface area contributed by atoms with E-state index in [-0.39, 0.29) is 23.9 Å². The predicted octanol–water partition coefficient (Wildman–Crippen LogP) is 5.80. The topological polar surface area (TPSA) is 44.9 Å². The molecule has 0 saturated carbocycles. The number of aromatic nitrogens is 1. The van der Waals surface area contributed by atoms with Crippen LogP contribution in [0.15, 0.2) is 48.7 Å². The number of aryl methyl sites for hydroxylation is 1. The number of alkyl halides is 3. The smallest absolute Gasteiger partial charge is 0.361 e. The molecule has 0 aliphatic rings. The number of carbonyl (C=O) groups excluding carboxylic acids is 1. The van der Waals surface area contributed by atoms with Gasteiger partial charge in [0.05, 0.1) is 5.56 Å². The molecule has 1 atom stereocenters. The normalized spacial score (nSPS) is 13.1. The SMILES string of the molecule is CCc1cccc2c([C@H](CC(=O)NC(C)C)c3ccccc3C(F)(F)F)c[nH]c12. The molecule has 0 spiro atoms. The van der Waals surface area contributed by atoms with Crippen molar-refractivity contribution in [2.75, 3.05) is 0 Å². The van der Waals surface area contributed by atoms with Gasteiger partial charge in [0.25, 0.3) is 0 Å². The first-order chi connectivity index (χ1) is 13.7. The van der Waals surface area contributed by atoms with Gasteiger partial charge in [0.1, 0.15) is 0 Å². The van der Waals surface area contributed by atoms with Gasteiger partial charge in [0.2, 0.25) is 5.91 Å². The van der Waals surface area contributed by atoms with Crippen molar-refractivity contribution in [3.05, 3.63) is 70.9 Å². The third-order valence-electron chi connectivity index (χ3n) is 5.07. The number of halogens is 3. The fourth-order valence-corrected chi connectivity index (χ4v) is 3.83. The molecule has 2 aromatic carbocycles. The highest BCUT2D eigenvalue weighted by Crippen LogP contribution is 2.41. The Bertz CT molecular complexity index is 1000. The third kappa shape index (κ3) is 4.47. The number of rotatable bonds is 6. The van der Waals surface area contributed by atoms with Gasteiger partial charge in [-0.25, -0.2) is 0 Å². The highest BCUT2D eigenvalue weighted by atomic mass is 19.4. The maximum Gasteiger partial charge on any atom is 0.416 e. The van der Waals surface area contributed by atoms with Crippen molar-refractivity contribution in [3.8, 4) is 0 Å². The van der Waals surface area contributed by atoms with E-state index in [1.165, 1.54) is 12.1 Å². The minimum absolute atomic E-state index is 0.0609. The second kappa shape index (κ2) is 8.31. The number of para-hydroxylation sites is 1. The zero-order valence-corrected chi connectivity index (χ0v) is 16.7. The van der Waals surface area contributed by atoms with Gasteiger partial charge < -0.3 is 10.3 Å². The van der Waals surface area contributed by atoms with E-state index in [2.05, 4.69) is 10.3 Å². The lowest BCUT2D eigenvalue weighted by molar-refractivity contribution is -0.138. The highest BCUT2D eigenvalue weighted by molar-refractivity contribution is 5.88. The summed E-state index contributed by atoms with van der Waals surface area (Å²) in [7, 11) is 0. The number of nitrogens with one attached hydrogen (secondary N) is 2. The molecule has 0 unspecified atom stereocenters. The van der Waals surface area contributed by atoms with Crippen LogP contribution in [0, 0.1) is 0 Å². The molecular weight excluding hydrogens is 377 g/mol. The Hall–Kier alpha value is -2.76. The Morgan fingerprint density at radius 2 is 1.79 bits per heavy atom. The average Bonchev–Trinajstić information content (AvgIpc) is 3.09. The Morgan fingerprint density at radius 3 is 2.45 bits per heavy atom. The number of H-pyrrole nitrogens is 1. The van der Waals surface area contributed by atoms with E-state index in [1.54, 1.807) is 12.3 Å². The number of aromatic amines is 1. The molecule has 1 aromatic heterocycles. The van der Waals surface area contributed by atoms with Crippen LogP contribution < -0.4 is 5.32 Å². The monoisotopic (exact) mass is 402 g/mol. The molecule has 0 aliphatic carbocycles. The van der Waals surface area contributed by atoms with Crippen molar-refractivity contribution in [3.63, 3.8) is 0 Å². The summed E-state index contributed by atoms with van der Waals surface area (Å²) in [5.41, 5.74) is 2.10. The predicted molar refractivity (Wildman–Crippen MR) is 109 cm³/mol. The van der Waals surface area contributed by atoms with Gasteiger partial charge in [-0.1, -0.05) is 43.3 Å². The standard InChI is InChI=1S/C23H25F3N2O/c1-4-15-8-7-10-17-19(13-27-22(15)17)18(12-21(29)28-14(2)3)16-9-5-6-11-20(16)23(24,25)26/h5-11,13-14,18,27H,4,12H2,1-3H3,(H,28,29)/t18-/m1/s1. The fraction of sp³-hybridized carbons (Fsp3) is 0.348. The molecular formula is C23H25F3N2O.